The zero-order valence-corrected chi connectivity index (χ0v) is 11.1. The second-order valence-corrected chi connectivity index (χ2v) is 4.75. The predicted molar refractivity (Wildman–Crippen MR) is 70.9 cm³/mol. The Morgan fingerprint density at radius 2 is 2.06 bits per heavy atom. The van der Waals surface area contributed by atoms with Crippen LogP contribution in [0.5, 0.6) is 0 Å². The Bertz CT molecular complexity index is 399. The van der Waals surface area contributed by atoms with Crippen LogP contribution in [0.3, 0.4) is 0 Å². The Kier molecular flexibility index (Phi) is 4.70. The Balaban J connectivity index is 2.95. The van der Waals surface area contributed by atoms with Gasteiger partial charge in [0.05, 0.1) is 0 Å². The van der Waals surface area contributed by atoms with Crippen molar-refractivity contribution >= 4 is 5.91 Å². The largest absolute Gasteiger partial charge is 0.359 e. The van der Waals surface area contributed by atoms with Gasteiger partial charge in [-0.05, 0) is 29.5 Å². The van der Waals surface area contributed by atoms with E-state index in [4.69, 9.17) is 5.73 Å². The van der Waals surface area contributed by atoms with E-state index in [1.165, 1.54) is 5.56 Å². The van der Waals surface area contributed by atoms with Crippen molar-refractivity contribution in [3.8, 4) is 0 Å². The van der Waals surface area contributed by atoms with Crippen LogP contribution in [0, 0.1) is 6.92 Å². The first kappa shape index (κ1) is 13.7. The fourth-order valence-corrected chi connectivity index (χ4v) is 1.83. The van der Waals surface area contributed by atoms with Gasteiger partial charge in [-0.1, -0.05) is 32.0 Å². The molecule has 1 rings (SSSR count). The average Bonchev–Trinajstić information content (AvgIpc) is 2.28. The van der Waals surface area contributed by atoms with E-state index in [2.05, 4.69) is 37.4 Å². The van der Waals surface area contributed by atoms with Gasteiger partial charge in [-0.25, -0.2) is 0 Å². The summed E-state index contributed by atoms with van der Waals surface area (Å²) in [6, 6.07) is 6.09. The van der Waals surface area contributed by atoms with Crippen molar-refractivity contribution in [1.82, 2.24) is 5.32 Å². The molecule has 0 spiro atoms. The predicted octanol–water partition coefficient (Wildman–Crippen LogP) is 2.25. The molecule has 1 atom stereocenters. The van der Waals surface area contributed by atoms with Crippen molar-refractivity contribution < 1.29 is 4.79 Å². The Hall–Kier alpha value is -1.35. The van der Waals surface area contributed by atoms with Crippen molar-refractivity contribution in [2.24, 2.45) is 5.73 Å². The summed E-state index contributed by atoms with van der Waals surface area (Å²) in [7, 11) is 1.63. The van der Waals surface area contributed by atoms with Gasteiger partial charge in [0.15, 0.2) is 0 Å². The van der Waals surface area contributed by atoms with Crippen LogP contribution in [-0.2, 0) is 4.79 Å². The van der Waals surface area contributed by atoms with Crippen LogP contribution in [0.2, 0.25) is 0 Å². The molecule has 3 nitrogen and oxygen atoms in total. The van der Waals surface area contributed by atoms with E-state index in [1.54, 1.807) is 7.05 Å². The van der Waals surface area contributed by atoms with Crippen molar-refractivity contribution in [2.75, 3.05) is 7.05 Å². The standard InChI is InChI=1S/C14H22N2O/c1-9(2)11-6-5-10(3)12(7-11)13(15)8-14(17)16-4/h5-7,9,13H,8,15H2,1-4H3,(H,16,17). The highest BCUT2D eigenvalue weighted by molar-refractivity contribution is 5.76. The van der Waals surface area contributed by atoms with Gasteiger partial charge in [0.2, 0.25) is 5.91 Å². The molecule has 0 aromatic heterocycles. The molecule has 0 radical (unpaired) electrons. The molecule has 0 bridgehead atoms. The average molecular weight is 234 g/mol. The van der Waals surface area contributed by atoms with Crippen LogP contribution in [0.1, 0.15) is 48.9 Å². The SMILES string of the molecule is CNC(=O)CC(N)c1cc(C(C)C)ccc1C. The van der Waals surface area contributed by atoms with Gasteiger partial charge in [-0.2, -0.15) is 0 Å². The second kappa shape index (κ2) is 5.82. The molecule has 1 aromatic carbocycles. The van der Waals surface area contributed by atoms with Gasteiger partial charge >= 0.3 is 0 Å². The molecule has 0 aliphatic carbocycles. The van der Waals surface area contributed by atoms with Crippen LogP contribution < -0.4 is 11.1 Å². The molecule has 0 fully saturated rings. The third-order valence-corrected chi connectivity index (χ3v) is 3.05. The number of hydrogen-bond acceptors (Lipinski definition) is 2. The Morgan fingerprint density at radius 1 is 1.41 bits per heavy atom. The highest BCUT2D eigenvalue weighted by atomic mass is 16.1. The number of nitrogens with one attached hydrogen (secondary N) is 1. The van der Waals surface area contributed by atoms with E-state index in [0.717, 1.165) is 11.1 Å². The molecule has 0 aliphatic rings. The number of hydrogen-bond donors (Lipinski definition) is 2. The van der Waals surface area contributed by atoms with Gasteiger partial charge in [0.1, 0.15) is 0 Å². The van der Waals surface area contributed by atoms with Crippen LogP contribution in [0.15, 0.2) is 18.2 Å². The lowest BCUT2D eigenvalue weighted by Gasteiger charge is -2.16. The minimum atomic E-state index is -0.228. The van der Waals surface area contributed by atoms with Gasteiger partial charge in [0.25, 0.3) is 0 Å². The summed E-state index contributed by atoms with van der Waals surface area (Å²) in [4.78, 5) is 11.3. The molecule has 17 heavy (non-hydrogen) atoms. The number of rotatable bonds is 4. The van der Waals surface area contributed by atoms with E-state index >= 15 is 0 Å². The normalized spacial score (nSPS) is 12.6. The van der Waals surface area contributed by atoms with E-state index in [0.29, 0.717) is 12.3 Å². The molecule has 0 aliphatic heterocycles. The quantitative estimate of drug-likeness (QED) is 0.839. The highest BCUT2D eigenvalue weighted by Gasteiger charge is 2.14. The van der Waals surface area contributed by atoms with E-state index in [-0.39, 0.29) is 11.9 Å². The van der Waals surface area contributed by atoms with Crippen molar-refractivity contribution in [2.45, 2.75) is 39.2 Å². The van der Waals surface area contributed by atoms with Gasteiger partial charge in [0, 0.05) is 19.5 Å². The molecule has 3 N–H and O–H groups in total. The zero-order chi connectivity index (χ0) is 13.0. The summed E-state index contributed by atoms with van der Waals surface area (Å²) in [5.41, 5.74) is 9.56. The third kappa shape index (κ3) is 3.56. The first-order valence-corrected chi connectivity index (χ1v) is 6.02. The molecule has 94 valence electrons. The van der Waals surface area contributed by atoms with E-state index in [1.807, 2.05) is 6.92 Å². The fourth-order valence-electron chi connectivity index (χ4n) is 1.83. The van der Waals surface area contributed by atoms with Crippen LogP contribution in [0.4, 0.5) is 0 Å². The maximum absolute atomic E-state index is 11.3. The van der Waals surface area contributed by atoms with Crippen LogP contribution >= 0.6 is 0 Å². The summed E-state index contributed by atoms with van der Waals surface area (Å²) in [5, 5.41) is 2.60. The summed E-state index contributed by atoms with van der Waals surface area (Å²) in [6.07, 6.45) is 0.332. The summed E-state index contributed by atoms with van der Waals surface area (Å²) in [6.45, 7) is 6.33. The number of carbonyl (C=O) groups is 1. The van der Waals surface area contributed by atoms with Crippen molar-refractivity contribution in [3.63, 3.8) is 0 Å². The monoisotopic (exact) mass is 234 g/mol. The Labute approximate surface area is 103 Å². The molecule has 0 saturated carbocycles. The van der Waals surface area contributed by atoms with E-state index < -0.39 is 0 Å². The van der Waals surface area contributed by atoms with Gasteiger partial charge in [-0.3, -0.25) is 4.79 Å². The smallest absolute Gasteiger partial charge is 0.221 e. The lowest BCUT2D eigenvalue weighted by Crippen LogP contribution is -2.24. The number of benzene rings is 1. The number of carbonyl (C=O) groups excluding carboxylic acids is 1. The topological polar surface area (TPSA) is 55.1 Å². The summed E-state index contributed by atoms with van der Waals surface area (Å²) >= 11 is 0. The third-order valence-electron chi connectivity index (χ3n) is 3.05. The maximum Gasteiger partial charge on any atom is 0.221 e. The number of amides is 1. The highest BCUT2D eigenvalue weighted by Crippen LogP contribution is 2.23. The van der Waals surface area contributed by atoms with Crippen LogP contribution in [-0.4, -0.2) is 13.0 Å². The minimum absolute atomic E-state index is 0.0214. The van der Waals surface area contributed by atoms with Crippen molar-refractivity contribution in [1.29, 1.82) is 0 Å². The molecule has 1 aromatic rings. The lowest BCUT2D eigenvalue weighted by molar-refractivity contribution is -0.120. The molecular formula is C14H22N2O. The van der Waals surface area contributed by atoms with Gasteiger partial charge in [-0.15, -0.1) is 0 Å². The van der Waals surface area contributed by atoms with E-state index in [9.17, 15) is 4.79 Å². The molecule has 0 heterocycles. The molecule has 1 amide bonds. The Morgan fingerprint density at radius 3 is 2.59 bits per heavy atom. The number of aryl methyl sites for hydroxylation is 1. The maximum atomic E-state index is 11.3. The summed E-state index contributed by atoms with van der Waals surface area (Å²) in [5.74, 6) is 0.452. The number of nitrogens with two attached hydrogens (primary N) is 1. The van der Waals surface area contributed by atoms with Crippen molar-refractivity contribution in [3.05, 3.63) is 34.9 Å². The molecular weight excluding hydrogens is 212 g/mol. The molecule has 3 heteroatoms. The molecule has 1 unspecified atom stereocenters. The fraction of sp³-hybridized carbons (Fsp3) is 0.500. The lowest BCUT2D eigenvalue weighted by atomic mass is 9.93. The first-order valence-electron chi connectivity index (χ1n) is 6.02. The second-order valence-electron chi connectivity index (χ2n) is 4.75. The zero-order valence-electron chi connectivity index (χ0n) is 11.1. The minimum Gasteiger partial charge on any atom is -0.359 e. The van der Waals surface area contributed by atoms with Crippen LogP contribution in [0.25, 0.3) is 0 Å². The molecule has 0 saturated heterocycles. The first-order chi connectivity index (χ1) is 7.95. The summed E-state index contributed by atoms with van der Waals surface area (Å²) < 4.78 is 0. The van der Waals surface area contributed by atoms with Gasteiger partial charge < -0.3 is 11.1 Å².